The van der Waals surface area contributed by atoms with Crippen LogP contribution in [0.3, 0.4) is 0 Å². The maximum atomic E-state index is 11.6. The first-order valence-corrected chi connectivity index (χ1v) is 6.04. The van der Waals surface area contributed by atoms with Gasteiger partial charge in [0.25, 0.3) is 0 Å². The van der Waals surface area contributed by atoms with E-state index < -0.39 is 17.9 Å². The Kier molecular flexibility index (Phi) is 4.53. The molecule has 6 heteroatoms. The molecular weight excluding hydrogens is 264 g/mol. The summed E-state index contributed by atoms with van der Waals surface area (Å²) in [7, 11) is 0. The molecule has 0 aromatic rings. The van der Waals surface area contributed by atoms with Gasteiger partial charge in [-0.25, -0.2) is 0 Å². The average Bonchev–Trinajstić information content (AvgIpc) is 2.25. The van der Waals surface area contributed by atoms with Crippen LogP contribution in [0, 0.1) is 0 Å². The van der Waals surface area contributed by atoms with Crippen molar-refractivity contribution in [3.8, 4) is 0 Å². The number of hydrogen-bond acceptors (Lipinski definition) is 3. The van der Waals surface area contributed by atoms with E-state index >= 15 is 0 Å². The minimum absolute atomic E-state index is 0.216. The van der Waals surface area contributed by atoms with Gasteiger partial charge >= 0.3 is 11.8 Å². The number of aliphatic hydroxyl groups is 1. The van der Waals surface area contributed by atoms with Crippen LogP contribution in [0.25, 0.3) is 0 Å². The van der Waals surface area contributed by atoms with Crippen molar-refractivity contribution in [1.82, 2.24) is 9.80 Å². The van der Waals surface area contributed by atoms with Crippen molar-refractivity contribution in [3.63, 3.8) is 0 Å². The number of carbonyl (C=O) groups excluding carboxylic acids is 2. The number of nitrogens with zero attached hydrogens (tertiary/aromatic N) is 2. The lowest BCUT2D eigenvalue weighted by Crippen LogP contribution is -2.55. The Bertz CT molecular complexity index is 260. The van der Waals surface area contributed by atoms with Crippen molar-refractivity contribution in [2.24, 2.45) is 0 Å². The number of amides is 2. The van der Waals surface area contributed by atoms with Gasteiger partial charge in [-0.1, -0.05) is 15.9 Å². The van der Waals surface area contributed by atoms with Crippen molar-refractivity contribution in [2.75, 3.05) is 31.5 Å². The lowest BCUT2D eigenvalue weighted by molar-refractivity contribution is -0.156. The molecule has 1 rings (SSSR count). The number of aliphatic hydroxyl groups excluding tert-OH is 1. The summed E-state index contributed by atoms with van der Waals surface area (Å²) in [5, 5.41) is 9.78. The molecule has 1 aliphatic heterocycles. The van der Waals surface area contributed by atoms with Gasteiger partial charge in [-0.05, 0) is 6.92 Å². The standard InChI is InChI=1S/C9H15BrN2O3/c1-2-11-3-4-12(6-7(13)5-10)9(15)8(11)14/h7,13H,2-6H2,1H3. The second-order valence-corrected chi connectivity index (χ2v) is 4.09. The van der Waals surface area contributed by atoms with Crippen molar-refractivity contribution in [2.45, 2.75) is 13.0 Å². The Morgan fingerprint density at radius 1 is 1.33 bits per heavy atom. The first kappa shape index (κ1) is 12.4. The Balaban J connectivity index is 2.57. The molecule has 0 radical (unpaired) electrons. The van der Waals surface area contributed by atoms with Crippen LogP contribution < -0.4 is 0 Å². The molecule has 1 atom stereocenters. The van der Waals surface area contributed by atoms with E-state index in [1.54, 1.807) is 0 Å². The normalized spacial score (nSPS) is 19.7. The number of carbonyl (C=O) groups is 2. The van der Waals surface area contributed by atoms with Gasteiger partial charge in [0.15, 0.2) is 0 Å². The summed E-state index contributed by atoms with van der Waals surface area (Å²) in [6.07, 6.45) is -0.616. The second-order valence-electron chi connectivity index (χ2n) is 3.44. The molecule has 0 aromatic carbocycles. The quantitative estimate of drug-likeness (QED) is 0.554. The van der Waals surface area contributed by atoms with E-state index in [2.05, 4.69) is 15.9 Å². The number of likely N-dealkylation sites (N-methyl/N-ethyl adjacent to an activating group) is 1. The van der Waals surface area contributed by atoms with Gasteiger partial charge in [0.1, 0.15) is 0 Å². The van der Waals surface area contributed by atoms with E-state index in [1.165, 1.54) is 9.80 Å². The number of piperazine rings is 1. The van der Waals surface area contributed by atoms with Gasteiger partial charge in [-0.2, -0.15) is 0 Å². The Labute approximate surface area is 97.2 Å². The van der Waals surface area contributed by atoms with Crippen LogP contribution in [-0.2, 0) is 9.59 Å². The van der Waals surface area contributed by atoms with Crippen molar-refractivity contribution < 1.29 is 14.7 Å². The fourth-order valence-electron chi connectivity index (χ4n) is 1.49. The predicted molar refractivity (Wildman–Crippen MR) is 58.6 cm³/mol. The minimum Gasteiger partial charge on any atom is -0.390 e. The largest absolute Gasteiger partial charge is 0.390 e. The van der Waals surface area contributed by atoms with Crippen LogP contribution >= 0.6 is 15.9 Å². The molecule has 1 aliphatic rings. The lowest BCUT2D eigenvalue weighted by Gasteiger charge is -2.33. The molecule has 15 heavy (non-hydrogen) atoms. The van der Waals surface area contributed by atoms with Crippen molar-refractivity contribution >= 4 is 27.7 Å². The summed E-state index contributed by atoms with van der Waals surface area (Å²) in [6, 6.07) is 0. The van der Waals surface area contributed by atoms with Crippen LogP contribution in [0.5, 0.6) is 0 Å². The van der Waals surface area contributed by atoms with Gasteiger partial charge in [0, 0.05) is 31.5 Å². The summed E-state index contributed by atoms with van der Waals surface area (Å²) < 4.78 is 0. The molecule has 0 spiro atoms. The highest BCUT2D eigenvalue weighted by atomic mass is 79.9. The van der Waals surface area contributed by atoms with E-state index in [0.29, 0.717) is 25.0 Å². The first-order chi connectivity index (χ1) is 7.10. The zero-order chi connectivity index (χ0) is 11.4. The number of hydrogen-bond donors (Lipinski definition) is 1. The fourth-order valence-corrected chi connectivity index (χ4v) is 1.70. The maximum absolute atomic E-state index is 11.6. The molecule has 1 N–H and O–H groups in total. The van der Waals surface area contributed by atoms with E-state index in [-0.39, 0.29) is 6.54 Å². The molecule has 1 heterocycles. The summed E-state index contributed by atoms with van der Waals surface area (Å²) >= 11 is 3.12. The molecule has 5 nitrogen and oxygen atoms in total. The van der Waals surface area contributed by atoms with Gasteiger partial charge in [-0.15, -0.1) is 0 Å². The van der Waals surface area contributed by atoms with Crippen molar-refractivity contribution in [3.05, 3.63) is 0 Å². The number of β-amino-alcohol motifs (C(OH)–C–C–N with tert-alkyl or cyclic N) is 1. The van der Waals surface area contributed by atoms with E-state index in [0.717, 1.165) is 0 Å². The first-order valence-electron chi connectivity index (χ1n) is 4.92. The zero-order valence-electron chi connectivity index (χ0n) is 8.65. The molecule has 0 aliphatic carbocycles. The molecule has 2 amide bonds. The molecule has 0 aromatic heterocycles. The summed E-state index contributed by atoms with van der Waals surface area (Å²) in [6.45, 7) is 3.67. The SMILES string of the molecule is CCN1CCN(CC(O)CBr)C(=O)C1=O. The predicted octanol–water partition coefficient (Wildman–Crippen LogP) is -0.567. The van der Waals surface area contributed by atoms with Crippen LogP contribution in [0.1, 0.15) is 6.92 Å². The molecule has 1 fully saturated rings. The minimum atomic E-state index is -0.616. The van der Waals surface area contributed by atoms with E-state index in [1.807, 2.05) is 6.92 Å². The van der Waals surface area contributed by atoms with Crippen LogP contribution in [0.4, 0.5) is 0 Å². The second kappa shape index (κ2) is 5.46. The Morgan fingerprint density at radius 3 is 2.40 bits per heavy atom. The lowest BCUT2D eigenvalue weighted by atomic mass is 10.2. The monoisotopic (exact) mass is 278 g/mol. The third-order valence-electron chi connectivity index (χ3n) is 2.39. The highest BCUT2D eigenvalue weighted by Crippen LogP contribution is 2.06. The Hall–Kier alpha value is -0.620. The highest BCUT2D eigenvalue weighted by Gasteiger charge is 2.32. The molecule has 1 unspecified atom stereocenters. The maximum Gasteiger partial charge on any atom is 0.312 e. The topological polar surface area (TPSA) is 60.9 Å². The highest BCUT2D eigenvalue weighted by molar-refractivity contribution is 9.09. The van der Waals surface area contributed by atoms with Crippen LogP contribution in [0.2, 0.25) is 0 Å². The molecule has 1 saturated heterocycles. The van der Waals surface area contributed by atoms with Crippen molar-refractivity contribution in [1.29, 1.82) is 0 Å². The number of halogens is 1. The van der Waals surface area contributed by atoms with Gasteiger partial charge in [-0.3, -0.25) is 9.59 Å². The zero-order valence-corrected chi connectivity index (χ0v) is 10.2. The Morgan fingerprint density at radius 2 is 1.87 bits per heavy atom. The number of rotatable bonds is 4. The summed E-state index contributed by atoms with van der Waals surface area (Å²) in [4.78, 5) is 25.9. The molecular formula is C9H15BrN2O3. The average molecular weight is 279 g/mol. The van der Waals surface area contributed by atoms with E-state index in [4.69, 9.17) is 0 Å². The third kappa shape index (κ3) is 2.92. The number of alkyl halides is 1. The van der Waals surface area contributed by atoms with Gasteiger partial charge in [0.2, 0.25) is 0 Å². The van der Waals surface area contributed by atoms with Gasteiger partial charge < -0.3 is 14.9 Å². The third-order valence-corrected chi connectivity index (χ3v) is 3.14. The van der Waals surface area contributed by atoms with Crippen LogP contribution in [0.15, 0.2) is 0 Å². The smallest absolute Gasteiger partial charge is 0.312 e. The summed E-state index contributed by atoms with van der Waals surface area (Å²) in [5.41, 5.74) is 0. The summed E-state index contributed by atoms with van der Waals surface area (Å²) in [5.74, 6) is -0.978. The van der Waals surface area contributed by atoms with E-state index in [9.17, 15) is 14.7 Å². The fraction of sp³-hybridized carbons (Fsp3) is 0.778. The van der Waals surface area contributed by atoms with Crippen LogP contribution in [-0.4, -0.2) is 64.3 Å². The molecule has 0 bridgehead atoms. The molecule has 0 saturated carbocycles. The van der Waals surface area contributed by atoms with Gasteiger partial charge in [0.05, 0.1) is 6.10 Å². The molecule has 86 valence electrons.